The summed E-state index contributed by atoms with van der Waals surface area (Å²) >= 11 is 0. The lowest BCUT2D eigenvalue weighted by Gasteiger charge is -2.34. The predicted molar refractivity (Wildman–Crippen MR) is 182 cm³/mol. The summed E-state index contributed by atoms with van der Waals surface area (Å²) in [6.07, 6.45) is 0.247. The van der Waals surface area contributed by atoms with Crippen LogP contribution in [0.3, 0.4) is 0 Å². The van der Waals surface area contributed by atoms with Crippen molar-refractivity contribution in [3.63, 3.8) is 0 Å². The van der Waals surface area contributed by atoms with Gasteiger partial charge in [0.25, 0.3) is 10.0 Å². The Balaban J connectivity index is 1.84. The SMILES string of the molecule is CCOc1ccccc1N(CC(=O)N(Cc1ccc(C)cc1)C(Cc1ccccc1)C(=O)NC(C)C)S(=O)(=O)c1ccc(C)cc1. The first kappa shape index (κ1) is 34.2. The second-order valence-corrected chi connectivity index (χ2v) is 13.5. The number of rotatable bonds is 14. The van der Waals surface area contributed by atoms with E-state index in [0.29, 0.717) is 12.4 Å². The van der Waals surface area contributed by atoms with Gasteiger partial charge in [-0.05, 0) is 70.0 Å². The van der Waals surface area contributed by atoms with Crippen molar-refractivity contribution >= 4 is 27.5 Å². The maximum atomic E-state index is 14.6. The Morgan fingerprint density at radius 1 is 0.783 bits per heavy atom. The molecule has 0 radical (unpaired) electrons. The van der Waals surface area contributed by atoms with Crippen molar-refractivity contribution in [1.29, 1.82) is 0 Å². The molecule has 0 aliphatic heterocycles. The summed E-state index contributed by atoms with van der Waals surface area (Å²) in [7, 11) is -4.24. The molecule has 0 fully saturated rings. The second kappa shape index (κ2) is 15.6. The number of benzene rings is 4. The van der Waals surface area contributed by atoms with E-state index in [1.165, 1.54) is 17.0 Å². The topological polar surface area (TPSA) is 96.0 Å². The largest absolute Gasteiger partial charge is 0.492 e. The van der Waals surface area contributed by atoms with E-state index in [2.05, 4.69) is 5.32 Å². The maximum Gasteiger partial charge on any atom is 0.264 e. The van der Waals surface area contributed by atoms with Gasteiger partial charge < -0.3 is 15.0 Å². The number of hydrogen-bond acceptors (Lipinski definition) is 5. The quantitative estimate of drug-likeness (QED) is 0.181. The fraction of sp³-hybridized carbons (Fsp3) is 0.297. The first-order valence-electron chi connectivity index (χ1n) is 15.5. The van der Waals surface area contributed by atoms with Crippen LogP contribution in [0.25, 0.3) is 0 Å². The van der Waals surface area contributed by atoms with Gasteiger partial charge in [-0.15, -0.1) is 0 Å². The molecular formula is C37H43N3O5S. The van der Waals surface area contributed by atoms with Gasteiger partial charge in [-0.3, -0.25) is 13.9 Å². The van der Waals surface area contributed by atoms with Crippen LogP contribution in [-0.2, 0) is 32.6 Å². The number of ether oxygens (including phenoxy) is 1. The fourth-order valence-electron chi connectivity index (χ4n) is 5.12. The lowest BCUT2D eigenvalue weighted by Crippen LogP contribution is -2.54. The van der Waals surface area contributed by atoms with Gasteiger partial charge in [0.1, 0.15) is 18.3 Å². The maximum absolute atomic E-state index is 14.6. The van der Waals surface area contributed by atoms with E-state index in [1.54, 1.807) is 36.4 Å². The normalized spacial score (nSPS) is 12.0. The molecule has 1 unspecified atom stereocenters. The van der Waals surface area contributed by atoms with E-state index in [9.17, 15) is 18.0 Å². The van der Waals surface area contributed by atoms with Crippen molar-refractivity contribution in [3.8, 4) is 5.75 Å². The van der Waals surface area contributed by atoms with E-state index in [1.807, 2.05) is 89.2 Å². The van der Waals surface area contributed by atoms with Crippen LogP contribution in [0.15, 0.2) is 108 Å². The number of nitrogens with zero attached hydrogens (tertiary/aromatic N) is 2. The number of sulfonamides is 1. The summed E-state index contributed by atoms with van der Waals surface area (Å²) in [5.74, 6) is -0.513. The van der Waals surface area contributed by atoms with Gasteiger partial charge in [-0.2, -0.15) is 0 Å². The van der Waals surface area contributed by atoms with Crippen LogP contribution in [0.1, 0.15) is 43.0 Å². The van der Waals surface area contributed by atoms with Crippen molar-refractivity contribution in [2.45, 2.75) is 64.6 Å². The average molecular weight is 642 g/mol. The molecule has 4 aromatic carbocycles. The summed E-state index contributed by atoms with van der Waals surface area (Å²) < 4.78 is 35.6. The smallest absolute Gasteiger partial charge is 0.264 e. The highest BCUT2D eigenvalue weighted by Gasteiger charge is 2.35. The third-order valence-corrected chi connectivity index (χ3v) is 9.27. The number of carbonyl (C=O) groups is 2. The van der Waals surface area contributed by atoms with Gasteiger partial charge in [0.05, 0.1) is 17.2 Å². The molecule has 0 aliphatic carbocycles. The third kappa shape index (κ3) is 8.75. The minimum absolute atomic E-state index is 0.0423. The number of para-hydroxylation sites is 2. The Labute approximate surface area is 273 Å². The number of nitrogens with one attached hydrogen (secondary N) is 1. The van der Waals surface area contributed by atoms with Crippen LogP contribution in [0.2, 0.25) is 0 Å². The Bertz CT molecular complexity index is 1710. The van der Waals surface area contributed by atoms with E-state index < -0.39 is 28.5 Å². The molecule has 0 saturated carbocycles. The summed E-state index contributed by atoms with van der Waals surface area (Å²) in [5.41, 5.74) is 3.89. The van der Waals surface area contributed by atoms with Crippen LogP contribution in [0.4, 0.5) is 5.69 Å². The van der Waals surface area contributed by atoms with E-state index in [0.717, 1.165) is 26.6 Å². The molecule has 4 rings (SSSR count). The molecule has 0 aliphatic rings. The third-order valence-electron chi connectivity index (χ3n) is 7.50. The highest BCUT2D eigenvalue weighted by Crippen LogP contribution is 2.33. The molecule has 8 nitrogen and oxygen atoms in total. The van der Waals surface area contributed by atoms with Crippen LogP contribution in [0, 0.1) is 13.8 Å². The first-order chi connectivity index (χ1) is 22.0. The molecule has 0 aromatic heterocycles. The van der Waals surface area contributed by atoms with Crippen molar-refractivity contribution < 1.29 is 22.7 Å². The lowest BCUT2D eigenvalue weighted by molar-refractivity contribution is -0.140. The van der Waals surface area contributed by atoms with Crippen LogP contribution >= 0.6 is 0 Å². The monoisotopic (exact) mass is 641 g/mol. The highest BCUT2D eigenvalue weighted by atomic mass is 32.2. The van der Waals surface area contributed by atoms with Crippen LogP contribution < -0.4 is 14.4 Å². The number of amides is 2. The zero-order valence-electron chi connectivity index (χ0n) is 27.1. The number of hydrogen-bond donors (Lipinski definition) is 1. The zero-order chi connectivity index (χ0) is 33.3. The van der Waals surface area contributed by atoms with Crippen molar-refractivity contribution in [3.05, 3.63) is 125 Å². The van der Waals surface area contributed by atoms with Crippen molar-refractivity contribution in [1.82, 2.24) is 10.2 Å². The fourth-order valence-corrected chi connectivity index (χ4v) is 6.54. The molecule has 0 spiro atoms. The minimum atomic E-state index is -4.24. The predicted octanol–water partition coefficient (Wildman–Crippen LogP) is 6.06. The Hall–Kier alpha value is -4.63. The highest BCUT2D eigenvalue weighted by molar-refractivity contribution is 7.92. The summed E-state index contributed by atoms with van der Waals surface area (Å²) in [6.45, 7) is 9.25. The molecule has 0 heterocycles. The van der Waals surface area contributed by atoms with Gasteiger partial charge in [0.2, 0.25) is 11.8 Å². The van der Waals surface area contributed by atoms with Gasteiger partial charge in [-0.1, -0.05) is 90.0 Å². The zero-order valence-corrected chi connectivity index (χ0v) is 28.0. The molecule has 0 saturated heterocycles. The summed E-state index contributed by atoms with van der Waals surface area (Å²) in [4.78, 5) is 30.0. The van der Waals surface area contributed by atoms with Crippen LogP contribution in [0.5, 0.6) is 5.75 Å². The number of anilines is 1. The Morgan fingerprint density at radius 3 is 1.98 bits per heavy atom. The van der Waals surface area contributed by atoms with Crippen molar-refractivity contribution in [2.24, 2.45) is 0 Å². The molecule has 9 heteroatoms. The second-order valence-electron chi connectivity index (χ2n) is 11.6. The molecule has 242 valence electrons. The van der Waals surface area contributed by atoms with E-state index >= 15 is 0 Å². The molecule has 1 N–H and O–H groups in total. The average Bonchev–Trinajstić information content (AvgIpc) is 3.03. The van der Waals surface area contributed by atoms with Crippen molar-refractivity contribution in [2.75, 3.05) is 17.5 Å². The first-order valence-corrected chi connectivity index (χ1v) is 16.9. The number of carbonyl (C=O) groups excluding carboxylic acids is 2. The van der Waals surface area contributed by atoms with E-state index in [-0.39, 0.29) is 35.5 Å². The molecular weight excluding hydrogens is 598 g/mol. The molecule has 1 atom stereocenters. The van der Waals surface area contributed by atoms with Gasteiger partial charge in [0.15, 0.2) is 0 Å². The molecule has 2 amide bonds. The summed E-state index contributed by atoms with van der Waals surface area (Å²) in [5, 5.41) is 2.98. The Kier molecular flexibility index (Phi) is 11.6. The summed E-state index contributed by atoms with van der Waals surface area (Å²) in [6, 6.07) is 29.4. The number of aryl methyl sites for hydroxylation is 2. The molecule has 4 aromatic rings. The standard InChI is InChI=1S/C37H43N3O5S/c1-6-45-35-15-11-10-14-33(35)40(46(43,44)32-22-18-29(5)19-23-32)26-36(41)39(25-31-20-16-28(4)17-21-31)34(37(42)38-27(2)3)24-30-12-8-7-9-13-30/h7-23,27,34H,6,24-26H2,1-5H3,(H,38,42). The molecule has 0 bridgehead atoms. The lowest BCUT2D eigenvalue weighted by atomic mass is 10.0. The van der Waals surface area contributed by atoms with Gasteiger partial charge in [0, 0.05) is 19.0 Å². The van der Waals surface area contributed by atoms with Gasteiger partial charge >= 0.3 is 0 Å². The van der Waals surface area contributed by atoms with E-state index in [4.69, 9.17) is 4.74 Å². The van der Waals surface area contributed by atoms with Gasteiger partial charge in [-0.25, -0.2) is 8.42 Å². The minimum Gasteiger partial charge on any atom is -0.492 e. The Morgan fingerprint density at radius 2 is 1.37 bits per heavy atom. The van der Waals surface area contributed by atoms with Crippen LogP contribution in [-0.4, -0.2) is 50.4 Å². The molecule has 46 heavy (non-hydrogen) atoms.